The van der Waals surface area contributed by atoms with E-state index in [0.717, 1.165) is 23.8 Å². The Morgan fingerprint density at radius 2 is 1.67 bits per heavy atom. The SMILES string of the molecule is CC(C)N1CC(CC2CC2)CC(NCC2CCCCC2)C1. The average molecular weight is 293 g/mol. The van der Waals surface area contributed by atoms with Gasteiger partial charge >= 0.3 is 0 Å². The third-order valence-corrected chi connectivity index (χ3v) is 6.08. The summed E-state index contributed by atoms with van der Waals surface area (Å²) in [6.07, 6.45) is 13.3. The van der Waals surface area contributed by atoms with Crippen molar-refractivity contribution < 1.29 is 0 Å². The van der Waals surface area contributed by atoms with Gasteiger partial charge in [-0.05, 0) is 63.8 Å². The van der Waals surface area contributed by atoms with Gasteiger partial charge in [0.25, 0.3) is 0 Å². The van der Waals surface area contributed by atoms with Crippen LogP contribution in [0.2, 0.25) is 0 Å². The summed E-state index contributed by atoms with van der Waals surface area (Å²) in [4.78, 5) is 2.73. The molecule has 2 heteroatoms. The van der Waals surface area contributed by atoms with Crippen LogP contribution < -0.4 is 5.32 Å². The van der Waals surface area contributed by atoms with E-state index < -0.39 is 0 Å². The Morgan fingerprint density at radius 3 is 2.33 bits per heavy atom. The summed E-state index contributed by atoms with van der Waals surface area (Å²) < 4.78 is 0. The normalized spacial score (nSPS) is 32.7. The molecule has 2 saturated carbocycles. The van der Waals surface area contributed by atoms with Crippen molar-refractivity contribution in [1.82, 2.24) is 10.2 Å². The first-order valence-corrected chi connectivity index (χ1v) is 9.68. The maximum atomic E-state index is 3.96. The van der Waals surface area contributed by atoms with Crippen LogP contribution in [0.5, 0.6) is 0 Å². The lowest BCUT2D eigenvalue weighted by molar-refractivity contribution is 0.102. The number of nitrogens with zero attached hydrogens (tertiary/aromatic N) is 1. The van der Waals surface area contributed by atoms with Gasteiger partial charge in [-0.25, -0.2) is 0 Å². The van der Waals surface area contributed by atoms with E-state index in [1.807, 2.05) is 0 Å². The van der Waals surface area contributed by atoms with E-state index in [-0.39, 0.29) is 0 Å². The molecule has 3 rings (SSSR count). The summed E-state index contributed by atoms with van der Waals surface area (Å²) >= 11 is 0. The zero-order chi connectivity index (χ0) is 14.7. The molecule has 0 amide bonds. The largest absolute Gasteiger partial charge is 0.312 e. The molecule has 3 fully saturated rings. The van der Waals surface area contributed by atoms with E-state index in [4.69, 9.17) is 0 Å². The van der Waals surface area contributed by atoms with E-state index in [1.165, 1.54) is 77.4 Å². The van der Waals surface area contributed by atoms with Gasteiger partial charge in [0.15, 0.2) is 0 Å². The molecule has 2 nitrogen and oxygen atoms in total. The Bertz CT molecular complexity index is 305. The molecule has 0 radical (unpaired) electrons. The highest BCUT2D eigenvalue weighted by atomic mass is 15.2. The fourth-order valence-corrected chi connectivity index (χ4v) is 4.53. The summed E-state index contributed by atoms with van der Waals surface area (Å²) in [6.45, 7) is 8.67. The van der Waals surface area contributed by atoms with Crippen LogP contribution in [0.1, 0.15) is 71.6 Å². The lowest BCUT2D eigenvalue weighted by Crippen LogP contribution is -2.52. The standard InChI is InChI=1S/C19H36N2/c1-15(2)21-13-18(10-16-8-9-16)11-19(14-21)20-12-17-6-4-3-5-7-17/h15-20H,3-14H2,1-2H3. The molecule has 2 atom stereocenters. The molecule has 0 aromatic heterocycles. The molecule has 0 aromatic carbocycles. The first kappa shape index (κ1) is 15.8. The van der Waals surface area contributed by atoms with Crippen molar-refractivity contribution in [2.45, 2.75) is 83.7 Å². The summed E-state index contributed by atoms with van der Waals surface area (Å²) in [6, 6.07) is 1.47. The molecule has 1 saturated heterocycles. The zero-order valence-corrected chi connectivity index (χ0v) is 14.3. The molecule has 2 unspecified atom stereocenters. The number of piperidine rings is 1. The first-order valence-electron chi connectivity index (χ1n) is 9.68. The van der Waals surface area contributed by atoms with Crippen molar-refractivity contribution in [1.29, 1.82) is 0 Å². The second kappa shape index (κ2) is 7.46. The van der Waals surface area contributed by atoms with Crippen LogP contribution >= 0.6 is 0 Å². The number of hydrogen-bond donors (Lipinski definition) is 1. The number of likely N-dealkylation sites (tertiary alicyclic amines) is 1. The van der Waals surface area contributed by atoms with Crippen molar-refractivity contribution in [2.75, 3.05) is 19.6 Å². The van der Waals surface area contributed by atoms with Gasteiger partial charge in [0.2, 0.25) is 0 Å². The summed E-state index contributed by atoms with van der Waals surface area (Å²) in [5.41, 5.74) is 0. The molecule has 1 N–H and O–H groups in total. The topological polar surface area (TPSA) is 15.3 Å². The molecule has 0 bridgehead atoms. The average Bonchev–Trinajstić information content (AvgIpc) is 3.30. The molecule has 21 heavy (non-hydrogen) atoms. The number of hydrogen-bond acceptors (Lipinski definition) is 2. The third kappa shape index (κ3) is 4.96. The molecular formula is C19H36N2. The van der Waals surface area contributed by atoms with Crippen LogP contribution in [0, 0.1) is 17.8 Å². The summed E-state index contributed by atoms with van der Waals surface area (Å²) in [7, 11) is 0. The zero-order valence-electron chi connectivity index (χ0n) is 14.3. The molecule has 1 aliphatic heterocycles. The molecule has 0 aromatic rings. The lowest BCUT2D eigenvalue weighted by Gasteiger charge is -2.41. The first-order chi connectivity index (χ1) is 10.2. The highest BCUT2D eigenvalue weighted by Crippen LogP contribution is 2.38. The monoisotopic (exact) mass is 292 g/mol. The van der Waals surface area contributed by atoms with Crippen LogP contribution in [0.15, 0.2) is 0 Å². The fourth-order valence-electron chi connectivity index (χ4n) is 4.53. The van der Waals surface area contributed by atoms with Gasteiger partial charge in [-0.2, -0.15) is 0 Å². The highest BCUT2D eigenvalue weighted by molar-refractivity contribution is 4.88. The minimum Gasteiger partial charge on any atom is -0.312 e. The van der Waals surface area contributed by atoms with E-state index in [9.17, 15) is 0 Å². The Balaban J connectivity index is 1.47. The van der Waals surface area contributed by atoms with Crippen molar-refractivity contribution in [3.05, 3.63) is 0 Å². The van der Waals surface area contributed by atoms with E-state index in [1.54, 1.807) is 0 Å². The smallest absolute Gasteiger partial charge is 0.0198 e. The molecule has 122 valence electrons. The second-order valence-corrected chi connectivity index (χ2v) is 8.44. The van der Waals surface area contributed by atoms with Gasteiger partial charge in [0, 0.05) is 25.2 Å². The second-order valence-electron chi connectivity index (χ2n) is 8.44. The van der Waals surface area contributed by atoms with Crippen LogP contribution in [0.4, 0.5) is 0 Å². The summed E-state index contributed by atoms with van der Waals surface area (Å²) in [5.74, 6) is 3.01. The van der Waals surface area contributed by atoms with Gasteiger partial charge in [-0.3, -0.25) is 4.90 Å². The van der Waals surface area contributed by atoms with E-state index in [2.05, 4.69) is 24.1 Å². The van der Waals surface area contributed by atoms with Crippen molar-refractivity contribution in [2.24, 2.45) is 17.8 Å². The number of nitrogens with one attached hydrogen (secondary N) is 1. The fraction of sp³-hybridized carbons (Fsp3) is 1.00. The number of rotatable bonds is 6. The highest BCUT2D eigenvalue weighted by Gasteiger charge is 2.33. The molecule has 1 heterocycles. The predicted molar refractivity (Wildman–Crippen MR) is 90.5 cm³/mol. The Hall–Kier alpha value is -0.0800. The minimum atomic E-state index is 0.714. The summed E-state index contributed by atoms with van der Waals surface area (Å²) in [5, 5.41) is 3.96. The Labute approximate surface area is 132 Å². The van der Waals surface area contributed by atoms with Gasteiger partial charge in [0.1, 0.15) is 0 Å². The molecule has 2 aliphatic carbocycles. The Kier molecular flexibility index (Phi) is 5.61. The van der Waals surface area contributed by atoms with Crippen LogP contribution in [0.3, 0.4) is 0 Å². The van der Waals surface area contributed by atoms with E-state index in [0.29, 0.717) is 6.04 Å². The predicted octanol–water partition coefficient (Wildman–Crippen LogP) is 4.06. The minimum absolute atomic E-state index is 0.714. The molecular weight excluding hydrogens is 256 g/mol. The quantitative estimate of drug-likeness (QED) is 0.794. The third-order valence-electron chi connectivity index (χ3n) is 6.08. The lowest BCUT2D eigenvalue weighted by atomic mass is 9.87. The maximum absolute atomic E-state index is 3.96. The van der Waals surface area contributed by atoms with Crippen LogP contribution in [0.25, 0.3) is 0 Å². The Morgan fingerprint density at radius 1 is 0.905 bits per heavy atom. The maximum Gasteiger partial charge on any atom is 0.0198 e. The van der Waals surface area contributed by atoms with Crippen molar-refractivity contribution >= 4 is 0 Å². The van der Waals surface area contributed by atoms with Gasteiger partial charge in [-0.15, -0.1) is 0 Å². The van der Waals surface area contributed by atoms with Gasteiger partial charge in [-0.1, -0.05) is 32.1 Å². The van der Waals surface area contributed by atoms with Crippen molar-refractivity contribution in [3.8, 4) is 0 Å². The molecule has 3 aliphatic rings. The van der Waals surface area contributed by atoms with E-state index >= 15 is 0 Å². The van der Waals surface area contributed by atoms with Crippen molar-refractivity contribution in [3.63, 3.8) is 0 Å². The van der Waals surface area contributed by atoms with Crippen LogP contribution in [-0.2, 0) is 0 Å². The van der Waals surface area contributed by atoms with Gasteiger partial charge < -0.3 is 5.32 Å². The van der Waals surface area contributed by atoms with Crippen LogP contribution in [-0.4, -0.2) is 36.6 Å². The molecule has 0 spiro atoms. The van der Waals surface area contributed by atoms with Gasteiger partial charge in [0.05, 0.1) is 0 Å².